The van der Waals surface area contributed by atoms with Gasteiger partial charge in [-0.25, -0.2) is 17.2 Å². The lowest BCUT2D eigenvalue weighted by atomic mass is 10.2. The third-order valence-electron chi connectivity index (χ3n) is 2.66. The summed E-state index contributed by atoms with van der Waals surface area (Å²) in [6.07, 6.45) is -0.0653. The number of nitrogens with two attached hydrogens (primary N) is 1. The van der Waals surface area contributed by atoms with Gasteiger partial charge in [-0.1, -0.05) is 13.8 Å². The van der Waals surface area contributed by atoms with Crippen LogP contribution < -0.4 is 5.73 Å². The zero-order chi connectivity index (χ0) is 16.2. The molecule has 0 aliphatic heterocycles. The number of anilines is 1. The average molecular weight is 317 g/mol. The van der Waals surface area contributed by atoms with Crippen LogP contribution in [0.15, 0.2) is 17.0 Å². The van der Waals surface area contributed by atoms with Crippen molar-refractivity contribution in [3.8, 4) is 6.07 Å². The van der Waals surface area contributed by atoms with Gasteiger partial charge in [-0.3, -0.25) is 0 Å². The van der Waals surface area contributed by atoms with Crippen LogP contribution in [0.5, 0.6) is 0 Å². The van der Waals surface area contributed by atoms with Crippen LogP contribution in [0.2, 0.25) is 0 Å². The van der Waals surface area contributed by atoms with Gasteiger partial charge in [0.1, 0.15) is 11.6 Å². The first-order valence-corrected chi connectivity index (χ1v) is 7.75. The number of hydrogen-bond donors (Lipinski definition) is 1. The van der Waals surface area contributed by atoms with Crippen molar-refractivity contribution < 1.29 is 17.2 Å². The summed E-state index contributed by atoms with van der Waals surface area (Å²) in [6.45, 7) is 3.47. The van der Waals surface area contributed by atoms with Crippen molar-refractivity contribution in [3.05, 3.63) is 23.8 Å². The fourth-order valence-electron chi connectivity index (χ4n) is 1.85. The minimum Gasteiger partial charge on any atom is -0.399 e. The van der Waals surface area contributed by atoms with Crippen molar-refractivity contribution in [2.45, 2.75) is 25.2 Å². The highest BCUT2D eigenvalue weighted by Gasteiger charge is 2.31. The fourth-order valence-corrected chi connectivity index (χ4v) is 3.54. The van der Waals surface area contributed by atoms with E-state index in [0.29, 0.717) is 0 Å². The smallest absolute Gasteiger partial charge is 0.248 e. The van der Waals surface area contributed by atoms with Crippen LogP contribution in [-0.2, 0) is 10.0 Å². The molecule has 1 aromatic rings. The van der Waals surface area contributed by atoms with Gasteiger partial charge in [0.05, 0.1) is 6.07 Å². The van der Waals surface area contributed by atoms with E-state index in [1.165, 1.54) is 0 Å². The maximum Gasteiger partial charge on any atom is 0.248 e. The quantitative estimate of drug-likeness (QED) is 0.814. The highest BCUT2D eigenvalue weighted by molar-refractivity contribution is 7.89. The number of nitrogen functional groups attached to an aromatic ring is 1. The van der Waals surface area contributed by atoms with Crippen molar-refractivity contribution in [2.75, 3.05) is 18.8 Å². The summed E-state index contributed by atoms with van der Waals surface area (Å²) in [5.74, 6) is -2.53. The van der Waals surface area contributed by atoms with Crippen molar-refractivity contribution in [2.24, 2.45) is 5.92 Å². The normalized spacial score (nSPS) is 11.9. The van der Waals surface area contributed by atoms with Gasteiger partial charge in [-0.15, -0.1) is 0 Å². The van der Waals surface area contributed by atoms with E-state index < -0.39 is 26.6 Å². The molecule has 0 aromatic heterocycles. The summed E-state index contributed by atoms with van der Waals surface area (Å²) in [6, 6.07) is 3.34. The maximum absolute atomic E-state index is 13.8. The molecule has 21 heavy (non-hydrogen) atoms. The van der Waals surface area contributed by atoms with Crippen LogP contribution in [0.3, 0.4) is 0 Å². The monoisotopic (exact) mass is 317 g/mol. The van der Waals surface area contributed by atoms with Gasteiger partial charge in [0.15, 0.2) is 4.90 Å². The maximum atomic E-state index is 13.8. The molecule has 0 heterocycles. The summed E-state index contributed by atoms with van der Waals surface area (Å²) in [5, 5.41) is 8.59. The van der Waals surface area contributed by atoms with E-state index >= 15 is 0 Å². The second-order valence-corrected chi connectivity index (χ2v) is 6.85. The van der Waals surface area contributed by atoms with Crippen molar-refractivity contribution in [3.63, 3.8) is 0 Å². The fraction of sp³-hybridized carbons (Fsp3) is 0.462. The van der Waals surface area contributed by atoms with E-state index in [1.54, 1.807) is 13.8 Å². The van der Waals surface area contributed by atoms with E-state index in [0.717, 1.165) is 16.4 Å². The van der Waals surface area contributed by atoms with Crippen molar-refractivity contribution in [1.29, 1.82) is 5.26 Å². The minimum atomic E-state index is -4.37. The zero-order valence-electron chi connectivity index (χ0n) is 11.8. The van der Waals surface area contributed by atoms with Crippen LogP contribution in [0.1, 0.15) is 20.3 Å². The topological polar surface area (TPSA) is 87.2 Å². The van der Waals surface area contributed by atoms with Crippen LogP contribution >= 0.6 is 0 Å². The number of benzene rings is 1. The van der Waals surface area contributed by atoms with Gasteiger partial charge in [0.25, 0.3) is 0 Å². The van der Waals surface area contributed by atoms with E-state index in [1.807, 2.05) is 6.07 Å². The molecular formula is C13H17F2N3O2S. The second kappa shape index (κ2) is 6.83. The molecule has 0 spiro atoms. The van der Waals surface area contributed by atoms with Crippen LogP contribution in [-0.4, -0.2) is 25.8 Å². The standard InChI is InChI=1S/C13H17F2N3O2S/c1-9(2)8-18(5-3-4-16)21(19,20)13-11(14)6-10(17)7-12(13)15/h6-7,9H,3,5,8,17H2,1-2H3. The van der Waals surface area contributed by atoms with Gasteiger partial charge in [-0.2, -0.15) is 9.57 Å². The van der Waals surface area contributed by atoms with E-state index in [2.05, 4.69) is 0 Å². The van der Waals surface area contributed by atoms with E-state index in [4.69, 9.17) is 11.0 Å². The number of sulfonamides is 1. The largest absolute Gasteiger partial charge is 0.399 e. The Morgan fingerprint density at radius 1 is 1.33 bits per heavy atom. The first-order chi connectivity index (χ1) is 9.70. The van der Waals surface area contributed by atoms with Gasteiger partial charge in [-0.05, 0) is 18.1 Å². The Hall–Kier alpha value is -1.72. The molecule has 1 rings (SSSR count). The van der Waals surface area contributed by atoms with Gasteiger partial charge >= 0.3 is 0 Å². The van der Waals surface area contributed by atoms with E-state index in [9.17, 15) is 17.2 Å². The Kier molecular flexibility index (Phi) is 5.63. The zero-order valence-corrected chi connectivity index (χ0v) is 12.6. The summed E-state index contributed by atoms with van der Waals surface area (Å²) in [5.41, 5.74) is 5.08. The summed E-state index contributed by atoms with van der Waals surface area (Å²) in [7, 11) is -4.37. The predicted octanol–water partition coefficient (Wildman–Crippen LogP) is 2.11. The number of hydrogen-bond acceptors (Lipinski definition) is 4. The molecule has 0 atom stereocenters. The Bertz CT molecular complexity index is 631. The lowest BCUT2D eigenvalue weighted by Gasteiger charge is -2.23. The SMILES string of the molecule is CC(C)CN(CCC#N)S(=O)(=O)c1c(F)cc(N)cc1F. The predicted molar refractivity (Wildman–Crippen MR) is 74.6 cm³/mol. The van der Waals surface area contributed by atoms with Crippen LogP contribution in [0, 0.1) is 28.9 Å². The number of nitrogens with zero attached hydrogens (tertiary/aromatic N) is 2. The lowest BCUT2D eigenvalue weighted by molar-refractivity contribution is 0.367. The molecule has 0 radical (unpaired) electrons. The van der Waals surface area contributed by atoms with Gasteiger partial charge in [0, 0.05) is 25.2 Å². The first kappa shape index (κ1) is 17.3. The molecule has 0 fully saturated rings. The molecule has 116 valence electrons. The van der Waals surface area contributed by atoms with Crippen molar-refractivity contribution >= 4 is 15.7 Å². The molecule has 0 saturated carbocycles. The highest BCUT2D eigenvalue weighted by Crippen LogP contribution is 2.25. The Morgan fingerprint density at radius 3 is 2.29 bits per heavy atom. The minimum absolute atomic E-state index is 0.0571. The molecule has 0 amide bonds. The van der Waals surface area contributed by atoms with Crippen molar-refractivity contribution in [1.82, 2.24) is 4.31 Å². The molecule has 0 bridgehead atoms. The molecule has 8 heteroatoms. The molecule has 0 aliphatic rings. The lowest BCUT2D eigenvalue weighted by Crippen LogP contribution is -2.36. The number of rotatable bonds is 6. The Morgan fingerprint density at radius 2 is 1.86 bits per heavy atom. The summed E-state index contributed by atoms with van der Waals surface area (Å²) in [4.78, 5) is -1.03. The summed E-state index contributed by atoms with van der Waals surface area (Å²) < 4.78 is 53.4. The van der Waals surface area contributed by atoms with Gasteiger partial charge < -0.3 is 5.73 Å². The molecule has 5 nitrogen and oxygen atoms in total. The third kappa shape index (κ3) is 4.12. The Labute approximate surface area is 123 Å². The molecule has 1 aromatic carbocycles. The number of nitriles is 1. The average Bonchev–Trinajstić information content (AvgIpc) is 2.32. The molecule has 0 saturated heterocycles. The third-order valence-corrected chi connectivity index (χ3v) is 4.58. The molecular weight excluding hydrogens is 300 g/mol. The molecule has 2 N–H and O–H groups in total. The molecule has 0 aliphatic carbocycles. The number of halogens is 2. The summed E-state index contributed by atoms with van der Waals surface area (Å²) >= 11 is 0. The molecule has 0 unspecified atom stereocenters. The van der Waals surface area contributed by atoms with Crippen LogP contribution in [0.4, 0.5) is 14.5 Å². The second-order valence-electron chi connectivity index (χ2n) is 4.98. The first-order valence-electron chi connectivity index (χ1n) is 6.31. The van der Waals surface area contributed by atoms with Gasteiger partial charge in [0.2, 0.25) is 10.0 Å². The van der Waals surface area contributed by atoms with Crippen LogP contribution in [0.25, 0.3) is 0 Å². The van der Waals surface area contributed by atoms with E-state index in [-0.39, 0.29) is 31.1 Å². The highest BCUT2D eigenvalue weighted by atomic mass is 32.2. The Balaban J connectivity index is 3.32.